The fraction of sp³-hybridized carbons (Fsp3) is 0.730. The zero-order valence-electron chi connectivity index (χ0n) is 51.9. The van der Waals surface area contributed by atoms with Crippen molar-refractivity contribution in [2.45, 2.75) is 207 Å². The number of aliphatic imine (C=N–C) groups is 1. The van der Waals surface area contributed by atoms with Crippen LogP contribution in [0.5, 0.6) is 0 Å². The van der Waals surface area contributed by atoms with Crippen LogP contribution in [0.15, 0.2) is 47.0 Å². The summed E-state index contributed by atoms with van der Waals surface area (Å²) in [6, 6.07) is 6.62. The molecule has 0 unspecified atom stereocenters. The van der Waals surface area contributed by atoms with Gasteiger partial charge < -0.3 is 35.8 Å². The predicted octanol–water partition coefficient (Wildman–Crippen LogP) is 12.5. The second kappa shape index (κ2) is 32.8. The molecule has 5 rings (SSSR count). The van der Waals surface area contributed by atoms with E-state index in [0.717, 1.165) is 78.9 Å². The Hall–Kier alpha value is -4.01. The molecule has 3 aliphatic rings. The van der Waals surface area contributed by atoms with Gasteiger partial charge in [-0.3, -0.25) is 24.3 Å². The molecule has 3 amide bonds. The number of allylic oxidation sites excluding steroid dienone is 2. The zero-order valence-corrected chi connectivity index (χ0v) is 51.9. The third kappa shape index (κ3) is 25.6. The van der Waals surface area contributed by atoms with Crippen molar-refractivity contribution in [1.29, 1.82) is 0 Å². The number of amides is 3. The Balaban J connectivity index is 0.000000542. The number of nitrogens with zero attached hydrogens (tertiary/aromatic N) is 5. The molecular weight excluding hydrogens is 951 g/mol. The summed E-state index contributed by atoms with van der Waals surface area (Å²) in [5, 5.41) is 21.6. The number of nitrogen functional groups attached to an aromatic ring is 1. The second-order valence-corrected chi connectivity index (χ2v) is 25.6. The van der Waals surface area contributed by atoms with Gasteiger partial charge >= 0.3 is 0 Å². The van der Waals surface area contributed by atoms with Gasteiger partial charge in [0.15, 0.2) is 0 Å². The zero-order chi connectivity index (χ0) is 58.2. The fourth-order valence-corrected chi connectivity index (χ4v) is 8.53. The molecule has 1 aromatic heterocycles. The number of pyridine rings is 1. The van der Waals surface area contributed by atoms with Crippen LogP contribution in [-0.4, -0.2) is 131 Å². The molecule has 0 bridgehead atoms. The number of carbonyl (C=O) groups excluding carboxylic acids is 3. The molecule has 1 aromatic carbocycles. The normalized spacial score (nSPS) is 15.8. The van der Waals surface area contributed by atoms with Gasteiger partial charge in [-0.2, -0.15) is 0 Å². The average Bonchev–Trinajstić information content (AvgIpc) is 4.11. The number of benzene rings is 1. The van der Waals surface area contributed by atoms with E-state index in [1.807, 2.05) is 41.5 Å². The molecule has 13 heteroatoms. The maximum absolute atomic E-state index is 12.3. The van der Waals surface area contributed by atoms with Gasteiger partial charge in [-0.1, -0.05) is 112 Å². The number of carbonyl (C=O) groups is 3. The molecule has 3 heterocycles. The van der Waals surface area contributed by atoms with Crippen LogP contribution in [0.25, 0.3) is 10.9 Å². The summed E-state index contributed by atoms with van der Waals surface area (Å²) < 4.78 is 5.59. The van der Waals surface area contributed by atoms with E-state index in [9.17, 15) is 14.4 Å². The number of hydrogen-bond acceptors (Lipinski definition) is 11. The Morgan fingerprint density at radius 1 is 0.934 bits per heavy atom. The monoisotopic (exact) mass is 1060 g/mol. The number of anilines is 1. The number of imide groups is 1. The third-order valence-corrected chi connectivity index (χ3v) is 15.1. The lowest BCUT2D eigenvalue weighted by molar-refractivity contribution is -0.143. The minimum absolute atomic E-state index is 0.0694. The van der Waals surface area contributed by atoms with E-state index in [1.165, 1.54) is 80.1 Å². The lowest BCUT2D eigenvalue weighted by Gasteiger charge is -2.38. The Labute approximate surface area is 463 Å². The maximum atomic E-state index is 12.3. The molecule has 1 saturated heterocycles. The molecule has 2 fully saturated rings. The molecule has 0 radical (unpaired) electrons. The van der Waals surface area contributed by atoms with Gasteiger partial charge in [0.25, 0.3) is 11.8 Å². The van der Waals surface area contributed by atoms with Gasteiger partial charge in [0, 0.05) is 77.9 Å². The minimum Gasteiger partial charge on any atom is -0.396 e. The minimum atomic E-state index is -0.421. The number of ether oxygens (including phenoxy) is 1. The molecule has 1 aliphatic carbocycles. The number of nitrogens with two attached hydrogens (primary N) is 1. The molecule has 0 spiro atoms. The summed E-state index contributed by atoms with van der Waals surface area (Å²) in [6.45, 7) is 46.3. The predicted molar refractivity (Wildman–Crippen MR) is 321 cm³/mol. The van der Waals surface area contributed by atoms with Crippen molar-refractivity contribution in [3.05, 3.63) is 53.1 Å². The van der Waals surface area contributed by atoms with Crippen LogP contribution in [0.4, 0.5) is 11.5 Å². The Kier molecular flexibility index (Phi) is 30.2. The highest BCUT2D eigenvalue weighted by atomic mass is 16.5. The Bertz CT molecular complexity index is 2140. The van der Waals surface area contributed by atoms with Gasteiger partial charge in [0.2, 0.25) is 5.91 Å². The summed E-state index contributed by atoms with van der Waals surface area (Å²) in [5.74, 6) is 1.66. The lowest BCUT2D eigenvalue weighted by Crippen LogP contribution is -2.51. The van der Waals surface area contributed by atoms with Crippen LogP contribution >= 0.6 is 0 Å². The first-order valence-electron chi connectivity index (χ1n) is 28.7. The molecule has 13 nitrogen and oxygen atoms in total. The number of aliphatic hydroxyl groups excluding tert-OH is 2. The van der Waals surface area contributed by atoms with Crippen LogP contribution in [0.1, 0.15) is 194 Å². The molecule has 2 aliphatic heterocycles. The van der Waals surface area contributed by atoms with Crippen LogP contribution in [0, 0.1) is 35.0 Å². The number of aliphatic hydroxyl groups is 2. The van der Waals surface area contributed by atoms with Gasteiger partial charge in [0.05, 0.1) is 25.3 Å². The number of hydrogen-bond donors (Lipinski definition) is 4. The van der Waals surface area contributed by atoms with Crippen molar-refractivity contribution in [2.75, 3.05) is 71.9 Å². The van der Waals surface area contributed by atoms with Crippen molar-refractivity contribution in [1.82, 2.24) is 25.0 Å². The molecular formula is C63H111N7O6. The number of nitrogens with one attached hydrogen (secondary N) is 1. The average molecular weight is 1060 g/mol. The number of piperazine rings is 1. The summed E-state index contributed by atoms with van der Waals surface area (Å²) in [7, 11) is 2.20. The maximum Gasteiger partial charge on any atom is 0.254 e. The van der Waals surface area contributed by atoms with E-state index in [1.54, 1.807) is 0 Å². The molecule has 2 aromatic rings. The fourth-order valence-electron chi connectivity index (χ4n) is 8.53. The quantitative estimate of drug-likeness (QED) is 0.0535. The van der Waals surface area contributed by atoms with Crippen LogP contribution in [0.3, 0.4) is 0 Å². The summed E-state index contributed by atoms with van der Waals surface area (Å²) in [5.41, 5.74) is 12.0. The van der Waals surface area contributed by atoms with E-state index in [-0.39, 0.29) is 52.7 Å². The highest BCUT2D eigenvalue weighted by molar-refractivity contribution is 6.13. The highest BCUT2D eigenvalue weighted by Gasteiger charge is 2.39. The first-order valence-corrected chi connectivity index (χ1v) is 28.7. The van der Waals surface area contributed by atoms with Gasteiger partial charge in [-0.15, -0.1) is 0 Å². The highest BCUT2D eigenvalue weighted by Crippen LogP contribution is 2.38. The van der Waals surface area contributed by atoms with E-state index >= 15 is 0 Å². The van der Waals surface area contributed by atoms with Crippen molar-refractivity contribution in [3.63, 3.8) is 0 Å². The van der Waals surface area contributed by atoms with Gasteiger partial charge in [0.1, 0.15) is 11.5 Å². The number of aryl methyl sites for hydroxylation is 2. The van der Waals surface area contributed by atoms with Crippen molar-refractivity contribution < 1.29 is 29.3 Å². The number of aromatic nitrogens is 1. The first-order chi connectivity index (χ1) is 35.2. The molecule has 434 valence electrons. The Morgan fingerprint density at radius 3 is 1.95 bits per heavy atom. The van der Waals surface area contributed by atoms with E-state index in [2.05, 4.69) is 136 Å². The summed E-state index contributed by atoms with van der Waals surface area (Å²) >= 11 is 0. The molecule has 76 heavy (non-hydrogen) atoms. The molecule has 1 saturated carbocycles. The Morgan fingerprint density at radius 2 is 1.50 bits per heavy atom. The lowest BCUT2D eigenvalue weighted by atomic mass is 9.81. The number of rotatable bonds is 21. The summed E-state index contributed by atoms with van der Waals surface area (Å²) in [6.07, 6.45) is 15.5. The van der Waals surface area contributed by atoms with Crippen LogP contribution in [-0.2, 0) is 25.5 Å². The topological polar surface area (TPSA) is 174 Å². The number of likely N-dealkylation sites (N-methyl/N-ethyl adjacent to an activating group) is 1. The molecule has 0 atom stereocenters. The van der Waals surface area contributed by atoms with Crippen LogP contribution in [0.2, 0.25) is 0 Å². The van der Waals surface area contributed by atoms with Gasteiger partial charge in [-0.25, -0.2) is 4.98 Å². The third-order valence-electron chi connectivity index (χ3n) is 15.1. The van der Waals surface area contributed by atoms with Gasteiger partial charge in [-0.05, 0) is 155 Å². The van der Waals surface area contributed by atoms with Crippen molar-refractivity contribution in [2.24, 2.45) is 33.1 Å². The van der Waals surface area contributed by atoms with E-state index in [4.69, 9.17) is 30.7 Å². The first kappa shape index (κ1) is 70.0. The van der Waals surface area contributed by atoms with E-state index in [0.29, 0.717) is 24.9 Å². The number of fused-ring (bicyclic) bond motifs is 1. The van der Waals surface area contributed by atoms with Crippen molar-refractivity contribution >= 4 is 45.8 Å². The largest absolute Gasteiger partial charge is 0.396 e. The van der Waals surface area contributed by atoms with Crippen LogP contribution < -0.4 is 11.1 Å². The standard InChI is InChI=1S/C25H39N5O.C15H29NO.C12H19NO2.C6H14O2.C5H10/c1-5-8-21(18-31-6-2)27-24-19(3)22-11-10-20(17-23(22)28-25(24)26)9-7-12-30-15-13-29(4)14-16-30;1-11(2)15(5,6)16-13(17)14(3,4)10-9-12-7-8-12;1-11(2,3)8-12(4,5)13-9(14)6-7-10(13)15;1-3-6(2,4-7)5-8;1-4-5(2)3/h10-11,17H,5-9,12-16,18H2,1-4H3,(H2,26,28);11-12H,7-10H2,1-6H3,(H,16,17);6-7H,8H2,1-5H3;7-8H,3-5H2,1-2H3;4H,1-3H3. The SMILES string of the molecule is CC(C)(C)CC(C)(C)N1C(=O)C=CC1=O.CC(C)C(C)(C)NC(=O)C(C)(C)CCC1CC1.CC=C(C)C.CCC(C)(CO)CO.CCCC(COCC)=Nc1c(N)nc2cc(CCCN3CCN(C)CC3)ccc2c1C. The van der Waals surface area contributed by atoms with E-state index < -0.39 is 5.54 Å². The smallest absolute Gasteiger partial charge is 0.254 e. The second-order valence-electron chi connectivity index (χ2n) is 25.6. The van der Waals surface area contributed by atoms with Crippen molar-refractivity contribution in [3.8, 4) is 0 Å². The molecule has 5 N–H and O–H groups in total. The summed E-state index contributed by atoms with van der Waals surface area (Å²) in [4.78, 5) is 51.3.